The predicted octanol–water partition coefficient (Wildman–Crippen LogP) is 3.89. The van der Waals surface area contributed by atoms with Gasteiger partial charge in [-0.15, -0.1) is 0 Å². The maximum absolute atomic E-state index is 7.53. The van der Waals surface area contributed by atoms with Crippen LogP contribution in [0.15, 0.2) is 22.7 Å². The lowest BCUT2D eigenvalue weighted by molar-refractivity contribution is 0.435. The molecule has 0 spiro atoms. The van der Waals surface area contributed by atoms with Crippen LogP contribution in [0.25, 0.3) is 0 Å². The third kappa shape index (κ3) is 3.30. The highest BCUT2D eigenvalue weighted by Gasteiger charge is 2.22. The number of piperidine rings is 1. The maximum atomic E-state index is 7.53. The molecule has 0 aromatic heterocycles. The molecule has 0 aliphatic carbocycles. The van der Waals surface area contributed by atoms with Crippen molar-refractivity contribution in [1.82, 2.24) is 0 Å². The first kappa shape index (κ1) is 14.4. The summed E-state index contributed by atoms with van der Waals surface area (Å²) < 4.78 is 0.915. The van der Waals surface area contributed by atoms with Crippen LogP contribution in [0.1, 0.15) is 44.6 Å². The molecule has 104 valence electrons. The van der Waals surface area contributed by atoms with E-state index < -0.39 is 0 Å². The second kappa shape index (κ2) is 6.42. The Balaban J connectivity index is 2.24. The van der Waals surface area contributed by atoms with Gasteiger partial charge in [-0.3, -0.25) is 5.41 Å². The second-order valence-corrected chi connectivity index (χ2v) is 6.06. The van der Waals surface area contributed by atoms with E-state index in [1.54, 1.807) is 0 Å². The molecule has 3 N–H and O–H groups in total. The lowest BCUT2D eigenvalue weighted by Gasteiger charge is -2.38. The van der Waals surface area contributed by atoms with E-state index in [1.807, 2.05) is 6.07 Å². The van der Waals surface area contributed by atoms with Crippen LogP contribution >= 0.6 is 15.9 Å². The van der Waals surface area contributed by atoms with Gasteiger partial charge in [0.1, 0.15) is 5.84 Å². The molecule has 1 saturated heterocycles. The lowest BCUT2D eigenvalue weighted by Crippen LogP contribution is -2.39. The zero-order chi connectivity index (χ0) is 13.8. The van der Waals surface area contributed by atoms with Crippen molar-refractivity contribution in [2.45, 2.75) is 45.1 Å². The third-order valence-corrected chi connectivity index (χ3v) is 4.48. The molecule has 1 atom stereocenters. The number of rotatable bonds is 4. The number of nitrogen functional groups attached to an aromatic ring is 1. The lowest BCUT2D eigenvalue weighted by atomic mass is 9.97. The number of halogens is 1. The fraction of sp³-hybridized carbons (Fsp3) is 0.533. The normalized spacial score (nSPS) is 19.5. The van der Waals surface area contributed by atoms with E-state index in [1.165, 1.54) is 37.8 Å². The Morgan fingerprint density at radius 1 is 1.47 bits per heavy atom. The van der Waals surface area contributed by atoms with Crippen molar-refractivity contribution in [2.24, 2.45) is 5.73 Å². The molecule has 4 heteroatoms. The topological polar surface area (TPSA) is 53.1 Å². The molecule has 1 aromatic rings. The molecular formula is C15H22BrN3. The molecular weight excluding hydrogens is 302 g/mol. The van der Waals surface area contributed by atoms with Crippen LogP contribution in [-0.4, -0.2) is 18.4 Å². The largest absolute Gasteiger partial charge is 0.384 e. The van der Waals surface area contributed by atoms with E-state index in [-0.39, 0.29) is 5.84 Å². The summed E-state index contributed by atoms with van der Waals surface area (Å²) in [4.78, 5) is 2.52. The number of amidine groups is 1. The van der Waals surface area contributed by atoms with Crippen molar-refractivity contribution >= 4 is 27.5 Å². The Bertz CT molecular complexity index is 457. The van der Waals surface area contributed by atoms with Gasteiger partial charge in [0, 0.05) is 28.3 Å². The fourth-order valence-corrected chi connectivity index (χ4v) is 3.46. The highest BCUT2D eigenvalue weighted by Crippen LogP contribution is 2.30. The van der Waals surface area contributed by atoms with Crippen LogP contribution in [0.4, 0.5) is 5.69 Å². The summed E-state index contributed by atoms with van der Waals surface area (Å²) >= 11 is 3.53. The minimum Gasteiger partial charge on any atom is -0.384 e. The van der Waals surface area contributed by atoms with Gasteiger partial charge in [0.2, 0.25) is 0 Å². The average molecular weight is 324 g/mol. The first-order valence-corrected chi connectivity index (χ1v) is 7.83. The number of nitrogens with two attached hydrogens (primary N) is 1. The van der Waals surface area contributed by atoms with Crippen molar-refractivity contribution in [1.29, 1.82) is 5.41 Å². The fourth-order valence-electron chi connectivity index (χ4n) is 2.87. The van der Waals surface area contributed by atoms with Crippen LogP contribution < -0.4 is 10.6 Å². The van der Waals surface area contributed by atoms with Crippen LogP contribution in [0, 0.1) is 5.41 Å². The summed E-state index contributed by atoms with van der Waals surface area (Å²) in [7, 11) is 0. The van der Waals surface area contributed by atoms with Crippen LogP contribution in [0.2, 0.25) is 0 Å². The molecule has 0 amide bonds. The summed E-state index contributed by atoms with van der Waals surface area (Å²) in [6.07, 6.45) is 6.39. The number of nitrogens with one attached hydrogen (secondary N) is 1. The summed E-state index contributed by atoms with van der Waals surface area (Å²) in [6.45, 7) is 3.39. The molecule has 2 rings (SSSR count). The average Bonchev–Trinajstić information content (AvgIpc) is 2.39. The van der Waals surface area contributed by atoms with Crippen LogP contribution in [0.3, 0.4) is 0 Å². The Hall–Kier alpha value is -1.03. The molecule has 3 nitrogen and oxygen atoms in total. The maximum Gasteiger partial charge on any atom is 0.123 e. The van der Waals surface area contributed by atoms with Gasteiger partial charge in [-0.25, -0.2) is 0 Å². The van der Waals surface area contributed by atoms with Gasteiger partial charge < -0.3 is 10.6 Å². The summed E-state index contributed by atoms with van der Waals surface area (Å²) in [5.41, 5.74) is 7.57. The monoisotopic (exact) mass is 323 g/mol. The Kier molecular flexibility index (Phi) is 4.86. The van der Waals surface area contributed by atoms with E-state index in [4.69, 9.17) is 11.1 Å². The molecule has 1 unspecified atom stereocenters. The van der Waals surface area contributed by atoms with E-state index in [0.717, 1.165) is 16.6 Å². The minimum absolute atomic E-state index is 0.113. The zero-order valence-corrected chi connectivity index (χ0v) is 13.0. The number of hydrogen-bond acceptors (Lipinski definition) is 2. The van der Waals surface area contributed by atoms with Crippen molar-refractivity contribution in [3.8, 4) is 0 Å². The van der Waals surface area contributed by atoms with Crippen molar-refractivity contribution in [3.05, 3.63) is 28.2 Å². The van der Waals surface area contributed by atoms with Gasteiger partial charge in [-0.2, -0.15) is 0 Å². The Morgan fingerprint density at radius 2 is 2.26 bits per heavy atom. The SMILES string of the molecule is CCCC1CCCCN1c1ccc(C(=N)N)c(Br)c1. The zero-order valence-electron chi connectivity index (χ0n) is 11.5. The van der Waals surface area contributed by atoms with Gasteiger partial charge in [0.15, 0.2) is 0 Å². The van der Waals surface area contributed by atoms with E-state index in [9.17, 15) is 0 Å². The number of nitrogens with zero attached hydrogens (tertiary/aromatic N) is 1. The summed E-state index contributed by atoms with van der Waals surface area (Å²) in [6, 6.07) is 6.80. The Labute approximate surface area is 123 Å². The van der Waals surface area contributed by atoms with Crippen molar-refractivity contribution in [3.63, 3.8) is 0 Å². The molecule has 1 aliphatic heterocycles. The highest BCUT2D eigenvalue weighted by atomic mass is 79.9. The second-order valence-electron chi connectivity index (χ2n) is 5.21. The van der Waals surface area contributed by atoms with E-state index in [2.05, 4.69) is 39.9 Å². The first-order chi connectivity index (χ1) is 9.13. The van der Waals surface area contributed by atoms with Gasteiger partial charge in [-0.05, 0) is 59.8 Å². The predicted molar refractivity (Wildman–Crippen MR) is 85.1 cm³/mol. The highest BCUT2D eigenvalue weighted by molar-refractivity contribution is 9.10. The number of anilines is 1. The molecule has 0 bridgehead atoms. The smallest absolute Gasteiger partial charge is 0.123 e. The molecule has 1 aromatic carbocycles. The molecule has 1 fully saturated rings. The molecule has 0 saturated carbocycles. The molecule has 1 aliphatic rings. The third-order valence-electron chi connectivity index (χ3n) is 3.82. The molecule has 19 heavy (non-hydrogen) atoms. The molecule has 0 radical (unpaired) electrons. The first-order valence-electron chi connectivity index (χ1n) is 7.04. The van der Waals surface area contributed by atoms with Crippen LogP contribution in [0.5, 0.6) is 0 Å². The van der Waals surface area contributed by atoms with Gasteiger partial charge in [0.05, 0.1) is 0 Å². The van der Waals surface area contributed by atoms with Crippen molar-refractivity contribution < 1.29 is 0 Å². The number of benzene rings is 1. The number of hydrogen-bond donors (Lipinski definition) is 2. The van der Waals surface area contributed by atoms with Gasteiger partial charge >= 0.3 is 0 Å². The van der Waals surface area contributed by atoms with Gasteiger partial charge in [0.25, 0.3) is 0 Å². The van der Waals surface area contributed by atoms with Gasteiger partial charge in [-0.1, -0.05) is 13.3 Å². The van der Waals surface area contributed by atoms with E-state index in [0.29, 0.717) is 6.04 Å². The quantitative estimate of drug-likeness (QED) is 0.652. The van der Waals surface area contributed by atoms with Crippen molar-refractivity contribution in [2.75, 3.05) is 11.4 Å². The van der Waals surface area contributed by atoms with Crippen LogP contribution in [-0.2, 0) is 0 Å². The summed E-state index contributed by atoms with van der Waals surface area (Å²) in [5, 5.41) is 7.53. The standard InChI is InChI=1S/C15H22BrN3/c1-2-5-11-6-3-4-9-19(11)12-7-8-13(15(17)18)14(16)10-12/h7-8,10-11H,2-6,9H2,1H3,(H3,17,18). The minimum atomic E-state index is 0.113. The molecule has 1 heterocycles. The van der Waals surface area contributed by atoms with E-state index >= 15 is 0 Å². The Morgan fingerprint density at radius 3 is 2.89 bits per heavy atom. The summed E-state index contributed by atoms with van der Waals surface area (Å²) in [5.74, 6) is 0.113.